The molecule has 0 heterocycles. The quantitative estimate of drug-likeness (QED) is 0.782. The Morgan fingerprint density at radius 3 is 2.19 bits per heavy atom. The van der Waals surface area contributed by atoms with Gasteiger partial charge in [0.2, 0.25) is 0 Å². The first-order chi connectivity index (χ1) is 7.42. The van der Waals surface area contributed by atoms with Gasteiger partial charge in [-0.1, -0.05) is 12.1 Å². The van der Waals surface area contributed by atoms with Crippen LogP contribution in [-0.2, 0) is 4.74 Å². The maximum absolute atomic E-state index is 13.7. The van der Waals surface area contributed by atoms with E-state index in [-0.39, 0.29) is 12.2 Å². The molecule has 1 aromatic rings. The van der Waals surface area contributed by atoms with Gasteiger partial charge >= 0.3 is 0 Å². The van der Waals surface area contributed by atoms with Gasteiger partial charge in [-0.3, -0.25) is 0 Å². The fourth-order valence-corrected chi connectivity index (χ4v) is 1.23. The first kappa shape index (κ1) is 13.0. The molecule has 90 valence electrons. The number of hydrogen-bond donors (Lipinski definition) is 0. The van der Waals surface area contributed by atoms with Crippen LogP contribution in [0.2, 0.25) is 0 Å². The fraction of sp³-hybridized carbons (Fsp3) is 0.538. The predicted octanol–water partition coefficient (Wildman–Crippen LogP) is 3.52. The first-order valence-corrected chi connectivity index (χ1v) is 5.34. The van der Waals surface area contributed by atoms with E-state index in [9.17, 15) is 4.39 Å². The maximum atomic E-state index is 13.7. The zero-order valence-corrected chi connectivity index (χ0v) is 10.3. The average molecular weight is 226 g/mol. The van der Waals surface area contributed by atoms with E-state index in [1.165, 1.54) is 0 Å². The molecule has 0 saturated carbocycles. The van der Waals surface area contributed by atoms with Crippen molar-refractivity contribution in [2.24, 2.45) is 0 Å². The van der Waals surface area contributed by atoms with Gasteiger partial charge in [0.25, 0.3) is 0 Å². The summed E-state index contributed by atoms with van der Waals surface area (Å²) in [7, 11) is 1.59. The average Bonchev–Trinajstić information content (AvgIpc) is 2.25. The highest BCUT2D eigenvalue weighted by Crippen LogP contribution is 2.22. The van der Waals surface area contributed by atoms with Crippen molar-refractivity contribution in [2.75, 3.05) is 13.7 Å². The normalized spacial score (nSPS) is 13.6. The summed E-state index contributed by atoms with van der Waals surface area (Å²) in [5.74, 6) is 0.729. The Balaban J connectivity index is 2.56. The maximum Gasteiger partial charge on any atom is 0.148 e. The summed E-state index contributed by atoms with van der Waals surface area (Å²) < 4.78 is 24.1. The number of hydrogen-bond acceptors (Lipinski definition) is 2. The Kier molecular flexibility index (Phi) is 4.30. The summed E-state index contributed by atoms with van der Waals surface area (Å²) in [6.07, 6.45) is -1.09. The molecule has 0 aliphatic carbocycles. The van der Waals surface area contributed by atoms with E-state index in [1.807, 2.05) is 20.8 Å². The van der Waals surface area contributed by atoms with Crippen LogP contribution in [0.3, 0.4) is 0 Å². The number of benzene rings is 1. The van der Waals surface area contributed by atoms with E-state index >= 15 is 0 Å². The Hall–Kier alpha value is -1.09. The van der Waals surface area contributed by atoms with Crippen molar-refractivity contribution < 1.29 is 13.9 Å². The lowest BCUT2D eigenvalue weighted by molar-refractivity contribution is -0.0295. The van der Waals surface area contributed by atoms with Gasteiger partial charge in [0.1, 0.15) is 11.9 Å². The SMILES string of the molecule is COc1ccc(C(F)COC(C)(C)C)cc1. The molecule has 2 nitrogen and oxygen atoms in total. The lowest BCUT2D eigenvalue weighted by Crippen LogP contribution is -2.21. The third-order valence-electron chi connectivity index (χ3n) is 2.14. The van der Waals surface area contributed by atoms with Crippen molar-refractivity contribution in [1.29, 1.82) is 0 Å². The second-order valence-corrected chi connectivity index (χ2v) is 4.66. The molecule has 0 aliphatic rings. The summed E-state index contributed by atoms with van der Waals surface area (Å²) in [4.78, 5) is 0. The second-order valence-electron chi connectivity index (χ2n) is 4.66. The van der Waals surface area contributed by atoms with E-state index in [0.717, 1.165) is 5.75 Å². The van der Waals surface area contributed by atoms with Crippen molar-refractivity contribution >= 4 is 0 Å². The van der Waals surface area contributed by atoms with Crippen molar-refractivity contribution in [1.82, 2.24) is 0 Å². The minimum atomic E-state index is -1.09. The summed E-state index contributed by atoms with van der Waals surface area (Å²) in [6.45, 7) is 5.81. The monoisotopic (exact) mass is 226 g/mol. The van der Waals surface area contributed by atoms with E-state index in [4.69, 9.17) is 9.47 Å². The van der Waals surface area contributed by atoms with E-state index in [2.05, 4.69) is 0 Å². The standard InChI is InChI=1S/C13H19FO2/c1-13(2,3)16-9-12(14)10-5-7-11(15-4)8-6-10/h5-8,12H,9H2,1-4H3. The van der Waals surface area contributed by atoms with Crippen molar-refractivity contribution in [2.45, 2.75) is 32.5 Å². The molecule has 0 N–H and O–H groups in total. The number of halogens is 1. The van der Waals surface area contributed by atoms with Crippen molar-refractivity contribution in [3.05, 3.63) is 29.8 Å². The summed E-state index contributed by atoms with van der Waals surface area (Å²) in [5, 5.41) is 0. The van der Waals surface area contributed by atoms with Gasteiger partial charge in [-0.15, -0.1) is 0 Å². The molecule has 0 fully saturated rings. The summed E-state index contributed by atoms with van der Waals surface area (Å²) in [6, 6.07) is 6.93. The minimum absolute atomic E-state index is 0.0792. The Morgan fingerprint density at radius 2 is 1.75 bits per heavy atom. The van der Waals surface area contributed by atoms with Crippen LogP contribution in [-0.4, -0.2) is 19.3 Å². The summed E-state index contributed by atoms with van der Waals surface area (Å²) >= 11 is 0. The van der Waals surface area contributed by atoms with Gasteiger partial charge in [-0.05, 0) is 38.5 Å². The minimum Gasteiger partial charge on any atom is -0.497 e. The molecule has 0 saturated heterocycles. The van der Waals surface area contributed by atoms with Gasteiger partial charge < -0.3 is 9.47 Å². The summed E-state index contributed by atoms with van der Waals surface area (Å²) in [5.41, 5.74) is 0.307. The molecular formula is C13H19FO2. The number of methoxy groups -OCH3 is 1. The number of rotatable bonds is 4. The topological polar surface area (TPSA) is 18.5 Å². The van der Waals surface area contributed by atoms with Gasteiger partial charge in [-0.2, -0.15) is 0 Å². The molecule has 1 atom stereocenters. The molecule has 16 heavy (non-hydrogen) atoms. The van der Waals surface area contributed by atoms with Crippen LogP contribution in [0, 0.1) is 0 Å². The predicted molar refractivity (Wildman–Crippen MR) is 62.5 cm³/mol. The molecule has 1 unspecified atom stereocenters. The molecule has 1 aromatic carbocycles. The largest absolute Gasteiger partial charge is 0.497 e. The number of ether oxygens (including phenoxy) is 2. The van der Waals surface area contributed by atoms with Crippen LogP contribution in [0.4, 0.5) is 4.39 Å². The third-order valence-corrected chi connectivity index (χ3v) is 2.14. The lowest BCUT2D eigenvalue weighted by Gasteiger charge is -2.21. The van der Waals surface area contributed by atoms with Gasteiger partial charge in [-0.25, -0.2) is 4.39 Å². The zero-order valence-electron chi connectivity index (χ0n) is 10.3. The highest BCUT2D eigenvalue weighted by molar-refractivity contribution is 5.28. The Morgan fingerprint density at radius 1 is 1.19 bits per heavy atom. The highest BCUT2D eigenvalue weighted by Gasteiger charge is 2.16. The molecule has 0 bridgehead atoms. The van der Waals surface area contributed by atoms with Gasteiger partial charge in [0.05, 0.1) is 19.3 Å². The van der Waals surface area contributed by atoms with Gasteiger partial charge in [0, 0.05) is 0 Å². The number of alkyl halides is 1. The van der Waals surface area contributed by atoms with Crippen LogP contribution in [0.15, 0.2) is 24.3 Å². The van der Waals surface area contributed by atoms with Crippen LogP contribution in [0.1, 0.15) is 32.5 Å². The molecular weight excluding hydrogens is 207 g/mol. The Bertz CT molecular complexity index is 314. The molecule has 0 radical (unpaired) electrons. The molecule has 0 aliphatic heterocycles. The van der Waals surface area contributed by atoms with Gasteiger partial charge in [0.15, 0.2) is 0 Å². The van der Waals surface area contributed by atoms with Crippen molar-refractivity contribution in [3.63, 3.8) is 0 Å². The molecule has 0 spiro atoms. The fourth-order valence-electron chi connectivity index (χ4n) is 1.23. The first-order valence-electron chi connectivity index (χ1n) is 5.34. The van der Waals surface area contributed by atoms with Crippen LogP contribution in [0.5, 0.6) is 5.75 Å². The van der Waals surface area contributed by atoms with E-state index in [1.54, 1.807) is 31.4 Å². The third kappa shape index (κ3) is 4.19. The molecule has 0 amide bonds. The van der Waals surface area contributed by atoms with E-state index in [0.29, 0.717) is 5.56 Å². The Labute approximate surface area is 96.4 Å². The zero-order chi connectivity index (χ0) is 12.2. The van der Waals surface area contributed by atoms with E-state index < -0.39 is 6.17 Å². The highest BCUT2D eigenvalue weighted by atomic mass is 19.1. The van der Waals surface area contributed by atoms with Crippen LogP contribution in [0.25, 0.3) is 0 Å². The molecule has 1 rings (SSSR count). The van der Waals surface area contributed by atoms with Crippen LogP contribution < -0.4 is 4.74 Å². The lowest BCUT2D eigenvalue weighted by atomic mass is 10.1. The molecule has 3 heteroatoms. The molecule has 0 aromatic heterocycles. The second kappa shape index (κ2) is 5.30. The smallest absolute Gasteiger partial charge is 0.148 e. The van der Waals surface area contributed by atoms with Crippen molar-refractivity contribution in [3.8, 4) is 5.75 Å². The van der Waals surface area contributed by atoms with Crippen LogP contribution >= 0.6 is 0 Å².